The maximum absolute atomic E-state index is 9.55. The molecular weight excluding hydrogens is 324 g/mol. The Hall–Kier alpha value is -3.18. The molecule has 2 heterocycles. The van der Waals surface area contributed by atoms with Crippen molar-refractivity contribution < 1.29 is 19.8 Å². The van der Waals surface area contributed by atoms with Gasteiger partial charge in [0.2, 0.25) is 0 Å². The Kier molecular flexibility index (Phi) is 7.82. The van der Waals surface area contributed by atoms with Crippen LogP contribution in [0.5, 0.6) is 0 Å². The highest BCUT2D eigenvalue weighted by Gasteiger charge is 2.06. The van der Waals surface area contributed by atoms with Crippen molar-refractivity contribution in [2.75, 3.05) is 20.1 Å². The van der Waals surface area contributed by atoms with Gasteiger partial charge < -0.3 is 20.1 Å². The topological polar surface area (TPSA) is 130 Å². The SMILES string of the molecule is CCN(C)CCc1c[nH]c2ncc(C#N)cc12.O=C(O)/C=C/C(=O)O. The lowest BCUT2D eigenvalue weighted by Gasteiger charge is -2.12. The van der Waals surface area contributed by atoms with Crippen molar-refractivity contribution in [1.29, 1.82) is 5.26 Å². The number of likely N-dealkylation sites (N-methyl/N-ethyl adjacent to an activating group) is 1. The minimum absolute atomic E-state index is 0.558. The summed E-state index contributed by atoms with van der Waals surface area (Å²) in [4.78, 5) is 28.7. The van der Waals surface area contributed by atoms with Crippen molar-refractivity contribution in [2.45, 2.75) is 13.3 Å². The third kappa shape index (κ3) is 6.85. The van der Waals surface area contributed by atoms with E-state index in [1.807, 2.05) is 12.3 Å². The van der Waals surface area contributed by atoms with Crippen LogP contribution in [0.15, 0.2) is 30.6 Å². The van der Waals surface area contributed by atoms with E-state index < -0.39 is 11.9 Å². The van der Waals surface area contributed by atoms with Gasteiger partial charge >= 0.3 is 11.9 Å². The van der Waals surface area contributed by atoms with Gasteiger partial charge in [-0.25, -0.2) is 14.6 Å². The minimum atomic E-state index is -1.26. The number of H-pyrrole nitrogens is 1. The molecule has 0 fully saturated rings. The molecule has 0 aliphatic rings. The summed E-state index contributed by atoms with van der Waals surface area (Å²) in [6.07, 6.45) is 5.68. The Morgan fingerprint density at radius 1 is 1.36 bits per heavy atom. The van der Waals surface area contributed by atoms with E-state index in [4.69, 9.17) is 15.5 Å². The molecule has 8 nitrogen and oxygen atoms in total. The molecule has 0 atom stereocenters. The highest BCUT2D eigenvalue weighted by atomic mass is 16.4. The van der Waals surface area contributed by atoms with Gasteiger partial charge in [-0.3, -0.25) is 0 Å². The fraction of sp³-hybridized carbons (Fsp3) is 0.294. The van der Waals surface area contributed by atoms with Crippen LogP contribution in [0.25, 0.3) is 11.0 Å². The Morgan fingerprint density at radius 3 is 2.52 bits per heavy atom. The third-order valence-electron chi connectivity index (χ3n) is 3.42. The van der Waals surface area contributed by atoms with Crippen LogP contribution in [0.2, 0.25) is 0 Å². The molecule has 0 aromatic carbocycles. The van der Waals surface area contributed by atoms with E-state index in [0.29, 0.717) is 17.7 Å². The third-order valence-corrected chi connectivity index (χ3v) is 3.42. The molecule has 25 heavy (non-hydrogen) atoms. The number of carboxylic acids is 2. The first-order valence-corrected chi connectivity index (χ1v) is 7.56. The van der Waals surface area contributed by atoms with Gasteiger partial charge in [0.15, 0.2) is 0 Å². The molecule has 3 N–H and O–H groups in total. The van der Waals surface area contributed by atoms with Gasteiger partial charge in [-0.15, -0.1) is 0 Å². The van der Waals surface area contributed by atoms with Gasteiger partial charge in [-0.1, -0.05) is 6.92 Å². The van der Waals surface area contributed by atoms with Gasteiger partial charge in [0.05, 0.1) is 5.56 Å². The van der Waals surface area contributed by atoms with Gasteiger partial charge in [0.25, 0.3) is 0 Å². The van der Waals surface area contributed by atoms with Crippen LogP contribution in [0, 0.1) is 11.3 Å². The predicted molar refractivity (Wildman–Crippen MR) is 92.1 cm³/mol. The van der Waals surface area contributed by atoms with Crippen LogP contribution in [-0.4, -0.2) is 57.2 Å². The van der Waals surface area contributed by atoms with Crippen LogP contribution < -0.4 is 0 Å². The summed E-state index contributed by atoms with van der Waals surface area (Å²) >= 11 is 0. The van der Waals surface area contributed by atoms with Gasteiger partial charge in [0.1, 0.15) is 11.7 Å². The predicted octanol–water partition coefficient (Wildman–Crippen LogP) is 1.64. The van der Waals surface area contributed by atoms with Crippen LogP contribution in [0.4, 0.5) is 0 Å². The number of hydrogen-bond acceptors (Lipinski definition) is 5. The minimum Gasteiger partial charge on any atom is -0.478 e. The van der Waals surface area contributed by atoms with Crippen molar-refractivity contribution in [3.8, 4) is 6.07 Å². The number of nitriles is 1. The standard InChI is InChI=1S/C13H16N4.C4H4O4/c1-3-17(2)5-4-11-9-16-13-12(11)6-10(7-14)8-15-13;5-3(6)1-2-4(7)8/h6,8-9H,3-5H2,1-2H3,(H,15,16);1-2H,(H,5,6)(H,7,8)/b;2-1+. The maximum atomic E-state index is 9.55. The molecule has 132 valence electrons. The molecule has 0 saturated heterocycles. The van der Waals surface area contributed by atoms with Gasteiger partial charge in [-0.2, -0.15) is 5.26 Å². The summed E-state index contributed by atoms with van der Waals surface area (Å²) in [5.41, 5.74) is 2.70. The van der Waals surface area contributed by atoms with Crippen LogP contribution >= 0.6 is 0 Å². The highest BCUT2D eigenvalue weighted by Crippen LogP contribution is 2.18. The van der Waals surface area contributed by atoms with Crippen LogP contribution in [0.1, 0.15) is 18.1 Å². The lowest BCUT2D eigenvalue weighted by Crippen LogP contribution is -2.20. The normalized spacial score (nSPS) is 10.5. The number of aliphatic carboxylic acids is 2. The zero-order valence-corrected chi connectivity index (χ0v) is 14.1. The number of nitrogens with one attached hydrogen (secondary N) is 1. The first-order valence-electron chi connectivity index (χ1n) is 7.56. The number of pyridine rings is 1. The molecule has 0 spiro atoms. The summed E-state index contributed by atoms with van der Waals surface area (Å²) in [7, 11) is 2.10. The lowest BCUT2D eigenvalue weighted by molar-refractivity contribution is -0.134. The molecule has 0 aliphatic heterocycles. The lowest BCUT2D eigenvalue weighted by atomic mass is 10.1. The smallest absolute Gasteiger partial charge is 0.328 e. The summed E-state index contributed by atoms with van der Waals surface area (Å²) < 4.78 is 0. The molecule has 2 aromatic heterocycles. The fourth-order valence-electron chi connectivity index (χ4n) is 1.94. The fourth-order valence-corrected chi connectivity index (χ4v) is 1.94. The second-order valence-corrected chi connectivity index (χ2v) is 5.20. The second kappa shape index (κ2) is 9.85. The molecule has 0 radical (unpaired) electrons. The summed E-state index contributed by atoms with van der Waals surface area (Å²) in [6, 6.07) is 4.03. The van der Waals surface area contributed by atoms with Crippen molar-refractivity contribution in [1.82, 2.24) is 14.9 Å². The monoisotopic (exact) mass is 344 g/mol. The first kappa shape index (κ1) is 19.9. The number of carbonyl (C=O) groups is 2. The number of aromatic amines is 1. The van der Waals surface area contributed by atoms with Crippen molar-refractivity contribution in [2.24, 2.45) is 0 Å². The number of fused-ring (bicyclic) bond motifs is 1. The molecule has 2 rings (SSSR count). The first-order chi connectivity index (χ1) is 11.9. The number of rotatable bonds is 6. The van der Waals surface area contributed by atoms with Gasteiger partial charge in [-0.05, 0) is 31.6 Å². The zero-order chi connectivity index (χ0) is 18.8. The zero-order valence-electron chi connectivity index (χ0n) is 14.1. The quantitative estimate of drug-likeness (QED) is 0.679. The maximum Gasteiger partial charge on any atom is 0.328 e. The molecule has 0 saturated carbocycles. The molecule has 0 aliphatic carbocycles. The van der Waals surface area contributed by atoms with Crippen molar-refractivity contribution in [3.05, 3.63) is 41.7 Å². The second-order valence-electron chi connectivity index (χ2n) is 5.20. The van der Waals surface area contributed by atoms with E-state index >= 15 is 0 Å². The average Bonchev–Trinajstić information content (AvgIpc) is 3.00. The Bertz CT molecular complexity index is 789. The molecular formula is C17H20N4O4. The van der Waals surface area contributed by atoms with E-state index in [0.717, 1.165) is 30.5 Å². The van der Waals surface area contributed by atoms with Crippen LogP contribution in [0.3, 0.4) is 0 Å². The average molecular weight is 344 g/mol. The summed E-state index contributed by atoms with van der Waals surface area (Å²) in [5.74, 6) is -2.51. The number of carboxylic acid groups (broad SMARTS) is 2. The molecule has 0 unspecified atom stereocenters. The van der Waals surface area contributed by atoms with E-state index in [1.54, 1.807) is 6.20 Å². The Labute approximate surface area is 145 Å². The molecule has 2 aromatic rings. The van der Waals surface area contributed by atoms with E-state index in [2.05, 4.69) is 34.9 Å². The Morgan fingerprint density at radius 2 is 2.00 bits per heavy atom. The molecule has 0 bridgehead atoms. The van der Waals surface area contributed by atoms with Crippen molar-refractivity contribution >= 4 is 23.0 Å². The van der Waals surface area contributed by atoms with Gasteiger partial charge in [0, 0.05) is 36.5 Å². The number of aromatic nitrogens is 2. The molecule has 0 amide bonds. The van der Waals surface area contributed by atoms with Crippen molar-refractivity contribution in [3.63, 3.8) is 0 Å². The number of hydrogen-bond donors (Lipinski definition) is 3. The largest absolute Gasteiger partial charge is 0.478 e. The van der Waals surface area contributed by atoms with E-state index in [9.17, 15) is 9.59 Å². The van der Waals surface area contributed by atoms with E-state index in [-0.39, 0.29) is 0 Å². The highest BCUT2D eigenvalue weighted by molar-refractivity contribution is 5.89. The van der Waals surface area contributed by atoms with E-state index in [1.165, 1.54) is 5.56 Å². The molecule has 8 heteroatoms. The summed E-state index contributed by atoms with van der Waals surface area (Å²) in [5, 5.41) is 25.6. The van der Waals surface area contributed by atoms with Crippen LogP contribution in [-0.2, 0) is 16.0 Å². The number of nitrogens with zero attached hydrogens (tertiary/aromatic N) is 3. The Balaban J connectivity index is 0.000000333. The summed E-state index contributed by atoms with van der Waals surface area (Å²) in [6.45, 7) is 4.20.